The molecule has 0 bridgehead atoms. The summed E-state index contributed by atoms with van der Waals surface area (Å²) in [7, 11) is 1.88. The van der Waals surface area contributed by atoms with Crippen molar-refractivity contribution in [1.82, 2.24) is 10.3 Å². The minimum Gasteiger partial charge on any atom is -0.313 e. The number of nitrogens with zero attached hydrogens (tertiary/aromatic N) is 1. The molecule has 1 unspecified atom stereocenters. The van der Waals surface area contributed by atoms with Crippen molar-refractivity contribution >= 4 is 27.3 Å². The van der Waals surface area contributed by atoms with E-state index >= 15 is 0 Å². The summed E-state index contributed by atoms with van der Waals surface area (Å²) >= 11 is 4.95. The van der Waals surface area contributed by atoms with Gasteiger partial charge in [0.05, 0.1) is 9.48 Å². The number of nitrogens with one attached hydrogen (secondary N) is 1. The van der Waals surface area contributed by atoms with Gasteiger partial charge in [0, 0.05) is 23.5 Å². The Bertz CT molecular complexity index is 542. The summed E-state index contributed by atoms with van der Waals surface area (Å²) < 4.78 is 14.1. The van der Waals surface area contributed by atoms with Crippen molar-refractivity contribution in [3.63, 3.8) is 0 Å². The number of rotatable bonds is 4. The van der Waals surface area contributed by atoms with E-state index < -0.39 is 0 Å². The molecule has 0 amide bonds. The smallest absolute Gasteiger partial charge is 0.137 e. The summed E-state index contributed by atoms with van der Waals surface area (Å²) in [6, 6.07) is 5.16. The number of aryl methyl sites for hydroxylation is 1. The van der Waals surface area contributed by atoms with Gasteiger partial charge in [0.1, 0.15) is 5.82 Å². The summed E-state index contributed by atoms with van der Waals surface area (Å²) in [5.74, 6) is -0.233. The first-order chi connectivity index (χ1) is 8.61. The van der Waals surface area contributed by atoms with Crippen LogP contribution in [-0.4, -0.2) is 12.0 Å². The Morgan fingerprint density at radius 2 is 2.28 bits per heavy atom. The fourth-order valence-corrected chi connectivity index (χ4v) is 3.19. The molecule has 0 aliphatic carbocycles. The molecule has 0 spiro atoms. The summed E-state index contributed by atoms with van der Waals surface area (Å²) in [5, 5.41) is 6.30. The Morgan fingerprint density at radius 1 is 1.50 bits per heavy atom. The van der Waals surface area contributed by atoms with E-state index in [1.807, 2.05) is 25.4 Å². The Balaban J connectivity index is 2.25. The molecule has 1 heterocycles. The van der Waals surface area contributed by atoms with Gasteiger partial charge in [-0.05, 0) is 41.5 Å². The number of halogens is 2. The Morgan fingerprint density at radius 3 is 2.89 bits per heavy atom. The molecular formula is C13H14BrFN2S. The first kappa shape index (κ1) is 13.6. The first-order valence-corrected chi connectivity index (χ1v) is 7.31. The van der Waals surface area contributed by atoms with Crippen LogP contribution in [0.3, 0.4) is 0 Å². The highest BCUT2D eigenvalue weighted by Crippen LogP contribution is 2.28. The monoisotopic (exact) mass is 328 g/mol. The zero-order valence-electron chi connectivity index (χ0n) is 10.2. The van der Waals surface area contributed by atoms with Crippen LogP contribution in [0.1, 0.15) is 22.3 Å². The third kappa shape index (κ3) is 2.96. The van der Waals surface area contributed by atoms with E-state index in [4.69, 9.17) is 0 Å². The second-order valence-corrected chi connectivity index (χ2v) is 5.81. The topological polar surface area (TPSA) is 24.9 Å². The van der Waals surface area contributed by atoms with E-state index in [0.29, 0.717) is 4.47 Å². The van der Waals surface area contributed by atoms with Gasteiger partial charge in [0.2, 0.25) is 0 Å². The van der Waals surface area contributed by atoms with Crippen LogP contribution in [0, 0.1) is 12.7 Å². The molecule has 1 atom stereocenters. The minimum absolute atomic E-state index is 0.0561. The third-order valence-corrected chi connectivity index (χ3v) is 4.58. The molecule has 1 aromatic carbocycles. The van der Waals surface area contributed by atoms with Crippen molar-refractivity contribution in [2.75, 3.05) is 7.05 Å². The zero-order chi connectivity index (χ0) is 13.1. The van der Waals surface area contributed by atoms with E-state index in [0.717, 1.165) is 22.7 Å². The molecule has 1 aromatic heterocycles. The van der Waals surface area contributed by atoms with Crippen LogP contribution in [0.4, 0.5) is 4.39 Å². The Kier molecular flexibility index (Phi) is 4.48. The van der Waals surface area contributed by atoms with E-state index in [9.17, 15) is 4.39 Å². The lowest BCUT2D eigenvalue weighted by Gasteiger charge is -2.17. The van der Waals surface area contributed by atoms with Gasteiger partial charge in [0.25, 0.3) is 0 Å². The molecule has 0 saturated heterocycles. The maximum Gasteiger partial charge on any atom is 0.137 e. The molecule has 0 radical (unpaired) electrons. The van der Waals surface area contributed by atoms with Gasteiger partial charge in [-0.15, -0.1) is 11.3 Å². The number of benzene rings is 1. The average molecular weight is 329 g/mol. The molecule has 2 aromatic rings. The predicted molar refractivity (Wildman–Crippen MR) is 76.5 cm³/mol. The van der Waals surface area contributed by atoms with E-state index in [-0.39, 0.29) is 11.9 Å². The Labute approximate surface area is 118 Å². The van der Waals surface area contributed by atoms with Gasteiger partial charge >= 0.3 is 0 Å². The van der Waals surface area contributed by atoms with Crippen LogP contribution in [0.15, 0.2) is 28.1 Å². The number of likely N-dealkylation sites (N-methyl/N-ethyl adjacent to an activating group) is 1. The van der Waals surface area contributed by atoms with E-state index in [1.165, 1.54) is 6.07 Å². The predicted octanol–water partition coefficient (Wildman–Crippen LogP) is 3.86. The van der Waals surface area contributed by atoms with Crippen LogP contribution in [0.25, 0.3) is 0 Å². The molecule has 18 heavy (non-hydrogen) atoms. The van der Waals surface area contributed by atoms with Gasteiger partial charge in [0.15, 0.2) is 0 Å². The molecule has 2 rings (SSSR count). The van der Waals surface area contributed by atoms with Gasteiger partial charge in [-0.1, -0.05) is 12.1 Å². The molecule has 0 fully saturated rings. The molecule has 5 heteroatoms. The van der Waals surface area contributed by atoms with Crippen molar-refractivity contribution < 1.29 is 4.39 Å². The fraction of sp³-hybridized carbons (Fsp3) is 0.308. The SMILES string of the molecule is CNC(Cc1nc(C)cs1)c1cccc(F)c1Br. The lowest BCUT2D eigenvalue weighted by molar-refractivity contribution is 0.570. The van der Waals surface area contributed by atoms with Gasteiger partial charge < -0.3 is 5.32 Å². The first-order valence-electron chi connectivity index (χ1n) is 5.64. The molecule has 0 aliphatic rings. The highest BCUT2D eigenvalue weighted by atomic mass is 79.9. The van der Waals surface area contributed by atoms with Gasteiger partial charge in [-0.3, -0.25) is 0 Å². The van der Waals surface area contributed by atoms with Crippen LogP contribution in [0.5, 0.6) is 0 Å². The lowest BCUT2D eigenvalue weighted by Crippen LogP contribution is -2.19. The summed E-state index contributed by atoms with van der Waals surface area (Å²) in [6.45, 7) is 1.98. The van der Waals surface area contributed by atoms with Crippen LogP contribution >= 0.6 is 27.3 Å². The van der Waals surface area contributed by atoms with Crippen LogP contribution in [0.2, 0.25) is 0 Å². The van der Waals surface area contributed by atoms with Gasteiger partial charge in [-0.2, -0.15) is 0 Å². The van der Waals surface area contributed by atoms with Gasteiger partial charge in [-0.25, -0.2) is 9.37 Å². The second kappa shape index (κ2) is 5.91. The van der Waals surface area contributed by atoms with Crippen LogP contribution in [-0.2, 0) is 6.42 Å². The zero-order valence-corrected chi connectivity index (χ0v) is 12.6. The minimum atomic E-state index is -0.233. The molecule has 96 valence electrons. The van der Waals surface area contributed by atoms with Crippen molar-refractivity contribution in [1.29, 1.82) is 0 Å². The summed E-state index contributed by atoms with van der Waals surface area (Å²) in [5.41, 5.74) is 1.95. The molecular weight excluding hydrogens is 315 g/mol. The lowest BCUT2D eigenvalue weighted by atomic mass is 10.0. The molecule has 1 N–H and O–H groups in total. The quantitative estimate of drug-likeness (QED) is 0.921. The highest BCUT2D eigenvalue weighted by molar-refractivity contribution is 9.10. The second-order valence-electron chi connectivity index (χ2n) is 4.07. The number of hydrogen-bond donors (Lipinski definition) is 1. The Hall–Kier alpha value is -0.780. The fourth-order valence-electron chi connectivity index (χ4n) is 1.83. The van der Waals surface area contributed by atoms with E-state index in [2.05, 4.69) is 26.2 Å². The molecule has 2 nitrogen and oxygen atoms in total. The standard InChI is InChI=1S/C13H14BrFN2S/c1-8-7-18-12(17-8)6-11(16-2)9-4-3-5-10(15)13(9)14/h3-5,7,11,16H,6H2,1-2H3. The molecule has 0 saturated carbocycles. The van der Waals surface area contributed by atoms with Crippen molar-refractivity contribution in [2.24, 2.45) is 0 Å². The largest absolute Gasteiger partial charge is 0.313 e. The normalized spacial score (nSPS) is 12.7. The number of hydrogen-bond acceptors (Lipinski definition) is 3. The van der Waals surface area contributed by atoms with Crippen molar-refractivity contribution in [2.45, 2.75) is 19.4 Å². The van der Waals surface area contributed by atoms with E-state index in [1.54, 1.807) is 17.4 Å². The highest BCUT2D eigenvalue weighted by Gasteiger charge is 2.16. The maximum atomic E-state index is 13.5. The summed E-state index contributed by atoms with van der Waals surface area (Å²) in [6.07, 6.45) is 0.761. The van der Waals surface area contributed by atoms with Crippen molar-refractivity contribution in [3.05, 3.63) is 50.1 Å². The number of aromatic nitrogens is 1. The average Bonchev–Trinajstić information content (AvgIpc) is 2.76. The third-order valence-electron chi connectivity index (χ3n) is 2.75. The van der Waals surface area contributed by atoms with Crippen LogP contribution < -0.4 is 5.32 Å². The summed E-state index contributed by atoms with van der Waals surface area (Å²) in [4.78, 5) is 4.45. The molecule has 0 aliphatic heterocycles. The van der Waals surface area contributed by atoms with Crippen molar-refractivity contribution in [3.8, 4) is 0 Å². The maximum absolute atomic E-state index is 13.5. The number of thiazole rings is 1.